The van der Waals surface area contributed by atoms with Gasteiger partial charge in [0.05, 0.1) is 0 Å². The molecule has 1 heterocycles. The molecule has 1 aliphatic rings. The van der Waals surface area contributed by atoms with E-state index in [2.05, 4.69) is 30.6 Å². The third-order valence-corrected chi connectivity index (χ3v) is 3.13. The Balaban J connectivity index is 2.31. The van der Waals surface area contributed by atoms with Crippen LogP contribution >= 0.6 is 0 Å². The number of hydrogen-bond donors (Lipinski definition) is 1. The second-order valence-electron chi connectivity index (χ2n) is 4.83. The fourth-order valence-electron chi connectivity index (χ4n) is 2.21. The lowest BCUT2D eigenvalue weighted by Gasteiger charge is -2.36. The molecule has 2 heteroatoms. The minimum absolute atomic E-state index is 0.605. The van der Waals surface area contributed by atoms with E-state index < -0.39 is 0 Å². The Hall–Kier alpha value is -0.340. The average molecular weight is 210 g/mol. The van der Waals surface area contributed by atoms with Crippen LogP contribution in [0.25, 0.3) is 0 Å². The van der Waals surface area contributed by atoms with Crippen molar-refractivity contribution in [2.24, 2.45) is 0 Å². The van der Waals surface area contributed by atoms with Gasteiger partial charge in [0.2, 0.25) is 0 Å². The maximum Gasteiger partial charge on any atom is 0.0220 e. The van der Waals surface area contributed by atoms with Crippen molar-refractivity contribution in [2.45, 2.75) is 51.6 Å². The van der Waals surface area contributed by atoms with Gasteiger partial charge < -0.3 is 5.32 Å². The van der Waals surface area contributed by atoms with Crippen LogP contribution < -0.4 is 5.32 Å². The van der Waals surface area contributed by atoms with E-state index >= 15 is 0 Å². The summed E-state index contributed by atoms with van der Waals surface area (Å²) in [6, 6.07) is 1.36. The van der Waals surface area contributed by atoms with Crippen molar-refractivity contribution in [1.82, 2.24) is 10.2 Å². The van der Waals surface area contributed by atoms with Crippen LogP contribution in [0.5, 0.6) is 0 Å². The lowest BCUT2D eigenvalue weighted by Crippen LogP contribution is -2.46. The molecule has 1 saturated heterocycles. The molecule has 1 aliphatic heterocycles. The van der Waals surface area contributed by atoms with E-state index in [9.17, 15) is 0 Å². The van der Waals surface area contributed by atoms with Crippen LogP contribution in [0.2, 0.25) is 0 Å². The molecule has 1 unspecified atom stereocenters. The van der Waals surface area contributed by atoms with Crippen molar-refractivity contribution < 1.29 is 0 Å². The fraction of sp³-hybridized carbons (Fsp3) is 0.846. The maximum absolute atomic E-state index is 3.80. The van der Waals surface area contributed by atoms with Gasteiger partial charge in [-0.15, -0.1) is 6.58 Å². The second kappa shape index (κ2) is 7.02. The monoisotopic (exact) mass is 210 g/mol. The number of nitrogens with one attached hydrogen (secondary N) is 1. The summed E-state index contributed by atoms with van der Waals surface area (Å²) in [7, 11) is 0. The molecule has 1 rings (SSSR count). The largest absolute Gasteiger partial charge is 0.313 e. The first kappa shape index (κ1) is 12.7. The quantitative estimate of drug-likeness (QED) is 0.677. The molecule has 0 saturated carbocycles. The van der Waals surface area contributed by atoms with Gasteiger partial charge in [0.15, 0.2) is 0 Å². The molecule has 88 valence electrons. The van der Waals surface area contributed by atoms with E-state index in [0.29, 0.717) is 6.04 Å². The van der Waals surface area contributed by atoms with Crippen molar-refractivity contribution in [1.29, 1.82) is 0 Å². The summed E-state index contributed by atoms with van der Waals surface area (Å²) in [5.74, 6) is 0. The minimum Gasteiger partial charge on any atom is -0.313 e. The van der Waals surface area contributed by atoms with Crippen LogP contribution in [-0.4, -0.2) is 36.6 Å². The molecule has 0 bridgehead atoms. The molecule has 0 aromatic heterocycles. The normalized spacial score (nSPS) is 23.3. The number of hydrogen-bond acceptors (Lipinski definition) is 2. The van der Waals surface area contributed by atoms with Crippen LogP contribution in [0.15, 0.2) is 12.7 Å². The predicted octanol–water partition coefficient (Wildman–Crippen LogP) is 2.42. The highest BCUT2D eigenvalue weighted by Gasteiger charge is 2.21. The number of piperidine rings is 1. The van der Waals surface area contributed by atoms with Crippen LogP contribution in [0, 0.1) is 0 Å². The first-order valence-corrected chi connectivity index (χ1v) is 6.32. The van der Waals surface area contributed by atoms with Gasteiger partial charge in [-0.3, -0.25) is 4.90 Å². The van der Waals surface area contributed by atoms with Crippen LogP contribution in [0.3, 0.4) is 0 Å². The molecule has 0 aromatic carbocycles. The molecule has 0 aromatic rings. The number of likely N-dealkylation sites (tertiary alicyclic amines) is 1. The van der Waals surface area contributed by atoms with Gasteiger partial charge in [0.1, 0.15) is 0 Å². The van der Waals surface area contributed by atoms with Crippen molar-refractivity contribution in [3.8, 4) is 0 Å². The second-order valence-corrected chi connectivity index (χ2v) is 4.83. The van der Waals surface area contributed by atoms with E-state index in [0.717, 1.165) is 19.0 Å². The molecule has 1 atom stereocenters. The predicted molar refractivity (Wildman–Crippen MR) is 67.2 cm³/mol. The lowest BCUT2D eigenvalue weighted by molar-refractivity contribution is 0.146. The smallest absolute Gasteiger partial charge is 0.0220 e. The average Bonchev–Trinajstić information content (AvgIpc) is 2.24. The summed E-state index contributed by atoms with van der Waals surface area (Å²) >= 11 is 0. The Kier molecular flexibility index (Phi) is 5.96. The van der Waals surface area contributed by atoms with Crippen molar-refractivity contribution >= 4 is 0 Å². The van der Waals surface area contributed by atoms with Crippen LogP contribution in [0.1, 0.15) is 39.5 Å². The highest BCUT2D eigenvalue weighted by atomic mass is 15.2. The van der Waals surface area contributed by atoms with Crippen molar-refractivity contribution in [3.63, 3.8) is 0 Å². The van der Waals surface area contributed by atoms with Gasteiger partial charge in [0.25, 0.3) is 0 Å². The maximum atomic E-state index is 3.80. The number of rotatable bonds is 6. The summed E-state index contributed by atoms with van der Waals surface area (Å²) < 4.78 is 0. The third kappa shape index (κ3) is 4.80. The first-order chi connectivity index (χ1) is 7.24. The summed E-state index contributed by atoms with van der Waals surface area (Å²) in [4.78, 5) is 2.63. The van der Waals surface area contributed by atoms with Crippen molar-refractivity contribution in [3.05, 3.63) is 12.7 Å². The van der Waals surface area contributed by atoms with E-state index in [1.807, 2.05) is 6.08 Å². The SMILES string of the molecule is C=CCCN1CCCCC1CNC(C)C. The van der Waals surface area contributed by atoms with Gasteiger partial charge in [-0.25, -0.2) is 0 Å². The number of nitrogens with zero attached hydrogens (tertiary/aromatic N) is 1. The fourth-order valence-corrected chi connectivity index (χ4v) is 2.21. The zero-order valence-electron chi connectivity index (χ0n) is 10.3. The molecular formula is C13H26N2. The summed E-state index contributed by atoms with van der Waals surface area (Å²) in [5.41, 5.74) is 0. The molecular weight excluding hydrogens is 184 g/mol. The Morgan fingerprint density at radius 3 is 2.93 bits per heavy atom. The zero-order valence-corrected chi connectivity index (χ0v) is 10.3. The van der Waals surface area contributed by atoms with E-state index in [1.54, 1.807) is 0 Å². The molecule has 0 aliphatic carbocycles. The molecule has 15 heavy (non-hydrogen) atoms. The summed E-state index contributed by atoms with van der Waals surface area (Å²) in [6.45, 7) is 11.9. The van der Waals surface area contributed by atoms with E-state index in [-0.39, 0.29) is 0 Å². The minimum atomic E-state index is 0.605. The topological polar surface area (TPSA) is 15.3 Å². The molecule has 0 radical (unpaired) electrons. The molecule has 1 fully saturated rings. The molecule has 2 nitrogen and oxygen atoms in total. The Labute approximate surface area is 94.7 Å². The van der Waals surface area contributed by atoms with Crippen molar-refractivity contribution in [2.75, 3.05) is 19.6 Å². The van der Waals surface area contributed by atoms with E-state index in [4.69, 9.17) is 0 Å². The highest BCUT2D eigenvalue weighted by molar-refractivity contribution is 4.81. The van der Waals surface area contributed by atoms with E-state index in [1.165, 1.54) is 32.4 Å². The van der Waals surface area contributed by atoms with Crippen LogP contribution in [0.4, 0.5) is 0 Å². The summed E-state index contributed by atoms with van der Waals surface area (Å²) in [6.07, 6.45) is 7.28. The first-order valence-electron chi connectivity index (χ1n) is 6.32. The highest BCUT2D eigenvalue weighted by Crippen LogP contribution is 2.16. The Morgan fingerprint density at radius 1 is 1.47 bits per heavy atom. The van der Waals surface area contributed by atoms with Gasteiger partial charge in [-0.1, -0.05) is 26.3 Å². The Bertz CT molecular complexity index is 177. The van der Waals surface area contributed by atoms with Gasteiger partial charge in [0, 0.05) is 25.2 Å². The molecule has 1 N–H and O–H groups in total. The zero-order chi connectivity index (χ0) is 11.1. The van der Waals surface area contributed by atoms with Gasteiger partial charge in [-0.2, -0.15) is 0 Å². The third-order valence-electron chi connectivity index (χ3n) is 3.13. The summed E-state index contributed by atoms with van der Waals surface area (Å²) in [5, 5.41) is 3.55. The van der Waals surface area contributed by atoms with Gasteiger partial charge >= 0.3 is 0 Å². The lowest BCUT2D eigenvalue weighted by atomic mass is 10.0. The Morgan fingerprint density at radius 2 is 2.27 bits per heavy atom. The molecule has 0 spiro atoms. The standard InChI is InChI=1S/C13H26N2/c1-4-5-9-15-10-7-6-8-13(15)11-14-12(2)3/h4,12-14H,1,5-11H2,2-3H3. The molecule has 0 amide bonds. The van der Waals surface area contributed by atoms with Crippen LogP contribution in [-0.2, 0) is 0 Å². The van der Waals surface area contributed by atoms with Gasteiger partial charge in [-0.05, 0) is 25.8 Å².